The Morgan fingerprint density at radius 2 is 1.25 bits per heavy atom. The van der Waals surface area contributed by atoms with E-state index in [1.54, 1.807) is 0 Å². The fourth-order valence-electron chi connectivity index (χ4n) is 0. The van der Waals surface area contributed by atoms with Gasteiger partial charge in [-0.25, -0.2) is 0 Å². The zero-order valence-electron chi connectivity index (χ0n) is 2.32. The summed E-state index contributed by atoms with van der Waals surface area (Å²) in [5, 5.41) is 0. The standard InChI is InChI=1S/Ba.O.Pb.Sr. The largest absolute Gasteiger partial charge is 0 e. The van der Waals surface area contributed by atoms with Crippen molar-refractivity contribution < 1.29 is 2.69 Å². The van der Waals surface area contributed by atoms with Gasteiger partial charge in [-0.2, -0.15) is 0 Å². The van der Waals surface area contributed by atoms with E-state index < -0.39 is 0 Å². The van der Waals surface area contributed by atoms with Crippen LogP contribution in [0.3, 0.4) is 0 Å². The van der Waals surface area contributed by atoms with E-state index in [1.807, 2.05) is 0 Å². The monoisotopic (exact) mass is 450 g/mol. The minimum atomic E-state index is 0. The fourth-order valence-corrected chi connectivity index (χ4v) is 0. The molecule has 4 heteroatoms. The predicted octanol–water partition coefficient (Wildman–Crippen LogP) is -1.26. The van der Waals surface area contributed by atoms with Crippen LogP contribution in [0, 0.1) is 0 Å². The summed E-state index contributed by atoms with van der Waals surface area (Å²) in [4.78, 5) is 0. The maximum absolute atomic E-state index is 8.39. The van der Waals surface area contributed by atoms with Gasteiger partial charge in [0.1, 0.15) is 0 Å². The second-order valence-corrected chi connectivity index (χ2v) is 0. The first-order valence-corrected chi connectivity index (χ1v) is 1.79. The molecular formula is BaOPbSr. The molecule has 0 unspecified atom stereocenters. The smallest absolute Gasteiger partial charge is 0 e. The van der Waals surface area contributed by atoms with Gasteiger partial charge in [0, 0.05) is 94.4 Å². The van der Waals surface area contributed by atoms with Crippen LogP contribution in [0.15, 0.2) is 0 Å². The molecule has 6 radical (unpaired) electrons. The van der Waals surface area contributed by atoms with Gasteiger partial charge < -0.3 is 0 Å². The van der Waals surface area contributed by atoms with E-state index in [0.29, 0.717) is 0 Å². The molecule has 0 aliphatic rings. The van der Waals surface area contributed by atoms with E-state index >= 15 is 0 Å². The molecule has 0 fully saturated rings. The summed E-state index contributed by atoms with van der Waals surface area (Å²) >= 11 is 0.0556. The van der Waals surface area contributed by atoms with Crippen LogP contribution in [0.5, 0.6) is 0 Å². The number of hydrogen-bond acceptors (Lipinski definition) is 1. The Balaban J connectivity index is -0.00000000500. The predicted molar refractivity (Wildman–Crippen MR) is 17.9 cm³/mol. The van der Waals surface area contributed by atoms with Crippen molar-refractivity contribution in [3.8, 4) is 0 Å². The first-order valence-electron chi connectivity index (χ1n) is 0.204. The van der Waals surface area contributed by atoms with Crippen molar-refractivity contribution in [2.75, 3.05) is 0 Å². The van der Waals surface area contributed by atoms with Gasteiger partial charge in [-0.1, -0.05) is 0 Å². The Morgan fingerprint density at radius 3 is 1.25 bits per heavy atom. The Kier molecular flexibility index (Phi) is 62.0. The summed E-state index contributed by atoms with van der Waals surface area (Å²) in [6.07, 6.45) is 0. The van der Waals surface area contributed by atoms with Crippen molar-refractivity contribution in [1.29, 1.82) is 0 Å². The van der Waals surface area contributed by atoms with Crippen LogP contribution in [0.1, 0.15) is 0 Å². The van der Waals surface area contributed by atoms with Crippen LogP contribution >= 0.6 is 0 Å². The molecule has 0 rings (SSSR count). The van der Waals surface area contributed by atoms with E-state index in [2.05, 4.69) is 0 Å². The Hall–Kier alpha value is 3.77. The van der Waals surface area contributed by atoms with Crippen LogP contribution in [-0.2, 0) is 2.69 Å². The van der Waals surface area contributed by atoms with Crippen molar-refractivity contribution in [1.82, 2.24) is 0 Å². The van der Waals surface area contributed by atoms with Crippen molar-refractivity contribution in [3.63, 3.8) is 0 Å². The molecule has 0 saturated carbocycles. The maximum atomic E-state index is 8.39. The summed E-state index contributed by atoms with van der Waals surface area (Å²) in [6, 6.07) is 0. The van der Waals surface area contributed by atoms with Gasteiger partial charge in [0.25, 0.3) is 0 Å². The van der Waals surface area contributed by atoms with Crippen molar-refractivity contribution in [2.24, 2.45) is 0 Å². The zero-order valence-corrected chi connectivity index (χ0v) is 14.1. The molecular weight excluding hydrogens is 448 g/mol. The van der Waals surface area contributed by atoms with Crippen LogP contribution in [0.2, 0.25) is 0 Å². The van der Waals surface area contributed by atoms with Gasteiger partial charge in [-0.05, 0) is 0 Å². The molecule has 0 atom stereocenters. The molecule has 0 N–H and O–H groups in total. The van der Waals surface area contributed by atoms with Crippen LogP contribution in [0.4, 0.5) is 0 Å². The van der Waals surface area contributed by atoms with E-state index in [9.17, 15) is 0 Å². The molecule has 0 bridgehead atoms. The molecule has 1 nitrogen and oxygen atoms in total. The van der Waals surface area contributed by atoms with Gasteiger partial charge in [-0.3, -0.25) is 0 Å². The molecule has 0 amide bonds. The van der Waals surface area contributed by atoms with E-state index in [0.717, 1.165) is 0 Å². The molecule has 14 valence electrons. The summed E-state index contributed by atoms with van der Waals surface area (Å²) in [7, 11) is 0. The molecule has 0 aromatic heterocycles. The topological polar surface area (TPSA) is 17.1 Å². The van der Waals surface area contributed by atoms with Gasteiger partial charge in [-0.15, -0.1) is 0 Å². The molecule has 0 aliphatic heterocycles. The summed E-state index contributed by atoms with van der Waals surface area (Å²) in [5.74, 6) is 0. The zero-order chi connectivity index (χ0) is 2.00. The Morgan fingerprint density at radius 1 is 1.25 bits per heavy atom. The molecule has 4 heavy (non-hydrogen) atoms. The Bertz CT molecular complexity index is 8.00. The average Bonchev–Trinajstić information content (AvgIpc) is 1.00. The van der Waals surface area contributed by atoms with E-state index in [-0.39, 0.29) is 120 Å². The molecule has 0 saturated heterocycles. The third-order valence-corrected chi connectivity index (χ3v) is 0. The number of hydrogen-bond donors (Lipinski definition) is 0. The van der Waals surface area contributed by atoms with Crippen molar-refractivity contribution in [2.45, 2.75) is 0 Å². The molecule has 0 aliphatic carbocycles. The van der Waals surface area contributed by atoms with Gasteiger partial charge >= 0.3 is 28.5 Å². The molecule has 0 aromatic rings. The normalized spacial score (nSPS) is 1.00. The average molecular weight is 448 g/mol. The third-order valence-electron chi connectivity index (χ3n) is 0. The third kappa shape index (κ3) is 9.24. The number of rotatable bonds is 0. The van der Waals surface area contributed by atoms with Gasteiger partial charge in [0.15, 0.2) is 0 Å². The van der Waals surface area contributed by atoms with Crippen LogP contribution < -0.4 is 0 Å². The quantitative estimate of drug-likeness (QED) is 0.424. The first-order chi connectivity index (χ1) is 1.00. The summed E-state index contributed by atoms with van der Waals surface area (Å²) in [5.41, 5.74) is 0. The second kappa shape index (κ2) is 15.9. The Labute approximate surface area is 119 Å². The maximum Gasteiger partial charge on any atom is 0 e. The summed E-state index contributed by atoms with van der Waals surface area (Å²) in [6.45, 7) is 0. The molecule has 0 heterocycles. The van der Waals surface area contributed by atoms with E-state index in [4.69, 9.17) is 2.69 Å². The minimum Gasteiger partial charge on any atom is 0 e. The van der Waals surface area contributed by atoms with Crippen LogP contribution in [-0.4, -0.2) is 120 Å². The first kappa shape index (κ1) is 15.7. The summed E-state index contributed by atoms with van der Waals surface area (Å²) < 4.78 is 8.39. The van der Waals surface area contributed by atoms with Crippen molar-refractivity contribution >= 4 is 120 Å². The van der Waals surface area contributed by atoms with Gasteiger partial charge in [0.05, 0.1) is 0 Å². The SMILES string of the molecule is [Ba].[O]=[Pb].[Sr]. The fraction of sp³-hybridized carbons (Fsp3) is 0. The molecule has 0 aromatic carbocycles. The van der Waals surface area contributed by atoms with Gasteiger partial charge in [0.2, 0.25) is 0 Å². The van der Waals surface area contributed by atoms with E-state index in [1.165, 1.54) is 0 Å². The minimum absolute atomic E-state index is 0. The van der Waals surface area contributed by atoms with Crippen LogP contribution in [0.25, 0.3) is 0 Å². The van der Waals surface area contributed by atoms with Crippen molar-refractivity contribution in [3.05, 3.63) is 0 Å². The molecule has 0 spiro atoms. The second-order valence-electron chi connectivity index (χ2n) is 0.